The lowest BCUT2D eigenvalue weighted by atomic mass is 9.93. The molecule has 0 bridgehead atoms. The molecule has 2 aliphatic carbocycles. The second-order valence-corrected chi connectivity index (χ2v) is 28.8. The smallest absolute Gasteiger partial charge is 0.397 e. The molecule has 90 heavy (non-hydrogen) atoms. The number of nitrogens with zero attached hydrogens (tertiary/aromatic N) is 7. The molecule has 1 aromatic heterocycles. The Hall–Kier alpha value is -9.28. The number of hydrazone groups is 1. The van der Waals surface area contributed by atoms with Gasteiger partial charge in [-0.05, 0) is 101 Å². The monoisotopic (exact) mass is 1370 g/mol. The third kappa shape index (κ3) is 14.1. The first kappa shape index (κ1) is 65.2. The highest BCUT2D eigenvalue weighted by Crippen LogP contribution is 2.40. The van der Waals surface area contributed by atoms with Crippen LogP contribution in [0.4, 0.5) is 57.7 Å². The molecule has 0 saturated carbocycles. The molecule has 35 nitrogen and oxygen atoms in total. The zero-order valence-electron chi connectivity index (χ0n) is 44.6. The van der Waals surface area contributed by atoms with Crippen molar-refractivity contribution in [2.75, 3.05) is 46.1 Å². The van der Waals surface area contributed by atoms with Crippen molar-refractivity contribution in [1.29, 1.82) is 5.41 Å². The van der Waals surface area contributed by atoms with Crippen molar-refractivity contribution < 1.29 is 100 Å². The van der Waals surface area contributed by atoms with E-state index in [0.717, 1.165) is 53.4 Å². The van der Waals surface area contributed by atoms with Crippen LogP contribution in [-0.2, 0) is 75.0 Å². The van der Waals surface area contributed by atoms with Crippen molar-refractivity contribution in [3.8, 4) is 0 Å². The summed E-state index contributed by atoms with van der Waals surface area (Å²) in [6, 6.07) is 18.8. The van der Waals surface area contributed by atoms with Crippen LogP contribution < -0.4 is 26.7 Å². The number of fused-ring (bicyclic) bond motifs is 3. The normalized spacial score (nSPS) is 14.7. The Bertz CT molecular complexity index is 5300. The molecule has 0 spiro atoms. The van der Waals surface area contributed by atoms with Gasteiger partial charge in [0.05, 0.1) is 56.2 Å². The molecule has 42 heteroatoms. The van der Waals surface area contributed by atoms with E-state index in [1.807, 2.05) is 0 Å². The lowest BCUT2D eigenvalue weighted by molar-refractivity contribution is 0.105. The number of rotatable bonds is 20. The Morgan fingerprint density at radius 2 is 1.24 bits per heavy atom. The number of aromatic nitrogens is 3. The largest absolute Gasteiger partial charge is 0.398 e. The van der Waals surface area contributed by atoms with Gasteiger partial charge < -0.3 is 21.3 Å². The fourth-order valence-corrected chi connectivity index (χ4v) is 13.4. The van der Waals surface area contributed by atoms with Gasteiger partial charge >= 0.3 is 10.4 Å². The number of anilines is 8. The van der Waals surface area contributed by atoms with Crippen molar-refractivity contribution in [2.45, 2.75) is 19.6 Å². The summed E-state index contributed by atoms with van der Waals surface area (Å²) < 4.78 is 238. The van der Waals surface area contributed by atoms with Crippen molar-refractivity contribution in [1.82, 2.24) is 15.0 Å². The molecule has 9 rings (SSSR count). The minimum Gasteiger partial charge on any atom is -0.398 e. The summed E-state index contributed by atoms with van der Waals surface area (Å²) in [6.07, 6.45) is 1.35. The first-order valence-electron chi connectivity index (χ1n) is 24.2. The van der Waals surface area contributed by atoms with Gasteiger partial charge in [-0.25, -0.2) is 12.6 Å². The van der Waals surface area contributed by atoms with Gasteiger partial charge in [0.1, 0.15) is 31.0 Å². The van der Waals surface area contributed by atoms with Gasteiger partial charge in [-0.3, -0.25) is 47.7 Å². The molecule has 0 unspecified atom stereocenters. The maximum Gasteiger partial charge on any atom is 0.397 e. The average Bonchev–Trinajstić information content (AvgIpc) is 0.763. The Labute approximate surface area is 507 Å². The number of carbonyl (C=O) groups is 2. The van der Waals surface area contributed by atoms with Crippen molar-refractivity contribution in [3.05, 3.63) is 135 Å². The number of sulfone groups is 1. The maximum atomic E-state index is 14.8. The van der Waals surface area contributed by atoms with Gasteiger partial charge in [-0.1, -0.05) is 30.3 Å². The van der Waals surface area contributed by atoms with Crippen LogP contribution in [0.2, 0.25) is 0 Å². The molecule has 0 radical (unpaired) electrons. The fraction of sp³-hybridized carbons (Fsp3) is 0.0625. The molecule has 0 saturated heterocycles. The number of Topliss-reactive ketones (excluding diaryl/α,β-unsaturated/α-hetero) is 2. The number of nitrogens with one attached hydrogen (secondary N) is 4. The van der Waals surface area contributed by atoms with Crippen LogP contribution in [0.3, 0.4) is 0 Å². The van der Waals surface area contributed by atoms with E-state index in [1.165, 1.54) is 49.5 Å². The van der Waals surface area contributed by atoms with Crippen LogP contribution in [0.15, 0.2) is 148 Å². The second kappa shape index (κ2) is 23.6. The van der Waals surface area contributed by atoms with E-state index in [0.29, 0.717) is 24.3 Å². The molecule has 0 aliphatic heterocycles. The van der Waals surface area contributed by atoms with E-state index in [-0.39, 0.29) is 43.9 Å². The first-order valence-corrected chi connectivity index (χ1v) is 34.4. The van der Waals surface area contributed by atoms with Crippen LogP contribution in [-0.4, -0.2) is 144 Å². The summed E-state index contributed by atoms with van der Waals surface area (Å²) in [6.45, 7) is -0.960. The van der Waals surface area contributed by atoms with E-state index in [9.17, 15) is 91.3 Å². The van der Waals surface area contributed by atoms with Crippen molar-refractivity contribution in [3.63, 3.8) is 0 Å². The van der Waals surface area contributed by atoms with Gasteiger partial charge in [-0.15, -0.1) is 5.11 Å². The Kier molecular flexibility index (Phi) is 17.1. The van der Waals surface area contributed by atoms with Crippen LogP contribution in [0, 0.1) is 5.41 Å². The molecule has 0 amide bonds. The second-order valence-electron chi connectivity index (χ2n) is 18.6. The molecular weight excluding hydrogens is 1340 g/mol. The van der Waals surface area contributed by atoms with Gasteiger partial charge in [0.25, 0.3) is 50.6 Å². The summed E-state index contributed by atoms with van der Waals surface area (Å²) in [7, 11) is -34.4. The number of azo groups is 1. The summed E-state index contributed by atoms with van der Waals surface area (Å²) in [4.78, 5) is 36.5. The van der Waals surface area contributed by atoms with Crippen LogP contribution in [0.1, 0.15) is 31.8 Å². The van der Waals surface area contributed by atoms with Crippen LogP contribution >= 0.6 is 0 Å². The molecule has 1 heterocycles. The Morgan fingerprint density at radius 1 is 0.611 bits per heavy atom. The number of nitrogen functional groups attached to an aromatic ring is 1. The number of hydrogen-bond donors (Lipinski definition) is 11. The van der Waals surface area contributed by atoms with Gasteiger partial charge in [0, 0.05) is 23.7 Å². The molecule has 0 fully saturated rings. The summed E-state index contributed by atoms with van der Waals surface area (Å²) >= 11 is 0. The molecule has 6 aromatic carbocycles. The molecular formula is C48H38N12O23S7. The van der Waals surface area contributed by atoms with Crippen molar-refractivity contribution >= 4 is 174 Å². The van der Waals surface area contributed by atoms with Crippen LogP contribution in [0.25, 0.3) is 22.9 Å². The highest BCUT2D eigenvalue weighted by atomic mass is 32.3. The molecule has 7 aromatic rings. The summed E-state index contributed by atoms with van der Waals surface area (Å²) in [5, 5.41) is 25.4. The SMILES string of the molecule is CN(c1ccc2c(c1)C=C(S(=O)(=O)O)C(=N)C2=O)c1nc(Nc2cc(N)c(S(=O)(=O)O)cc2N=Nc2ccc(S(=O)(=O)CCOS(=O)(=O)O)cc2)nc(Nc2cc(S(=O)(=O)O)cc3c2C(=O)/C(=N\Nc2ccc4ccccc4c2S(=O)(=O)O)C(S(=O)(=O)O)=C3)n1. The Balaban J connectivity index is 1.19. The minimum atomic E-state index is -5.57. The number of ketones is 2. The van der Waals surface area contributed by atoms with E-state index < -0.39 is 182 Å². The number of carbonyl (C=O) groups excluding carboxylic acids is 2. The van der Waals surface area contributed by atoms with Crippen LogP contribution in [0.5, 0.6) is 0 Å². The highest BCUT2D eigenvalue weighted by molar-refractivity contribution is 7.92. The van der Waals surface area contributed by atoms with E-state index in [2.05, 4.69) is 50.5 Å². The number of benzene rings is 6. The molecule has 470 valence electrons. The van der Waals surface area contributed by atoms with E-state index in [4.69, 9.17) is 15.7 Å². The Morgan fingerprint density at radius 3 is 1.86 bits per heavy atom. The zero-order valence-corrected chi connectivity index (χ0v) is 50.3. The quantitative estimate of drug-likeness (QED) is 0.0208. The number of nitrogens with two attached hydrogens (primary N) is 1. The average molecular weight is 1380 g/mol. The minimum absolute atomic E-state index is 0.0220. The fourth-order valence-electron chi connectivity index (χ4n) is 8.64. The third-order valence-electron chi connectivity index (χ3n) is 12.7. The first-order chi connectivity index (χ1) is 41.7. The topological polar surface area (TPSA) is 569 Å². The van der Waals surface area contributed by atoms with E-state index >= 15 is 0 Å². The lowest BCUT2D eigenvalue weighted by Crippen LogP contribution is -2.28. The van der Waals surface area contributed by atoms with Crippen molar-refractivity contribution in [2.24, 2.45) is 15.3 Å². The predicted octanol–water partition coefficient (Wildman–Crippen LogP) is 4.95. The van der Waals surface area contributed by atoms with Gasteiger partial charge in [0.2, 0.25) is 29.4 Å². The lowest BCUT2D eigenvalue weighted by Gasteiger charge is -2.23. The summed E-state index contributed by atoms with van der Waals surface area (Å²) in [5.41, 5.74) is 1.25. The zero-order chi connectivity index (χ0) is 66.0. The third-order valence-corrected chi connectivity index (χ3v) is 19.3. The number of allylic oxidation sites excluding steroid dienone is 2. The number of hydrogen-bond acceptors (Lipinski definition) is 29. The highest BCUT2D eigenvalue weighted by Gasteiger charge is 2.37. The molecule has 2 aliphatic rings. The molecule has 12 N–H and O–H groups in total. The molecule has 0 atom stereocenters. The van der Waals surface area contributed by atoms with Gasteiger partial charge in [-0.2, -0.15) is 75.7 Å². The standard InChI is InChI=1S/C48H38N12O23S7/c1-60(27-9-12-30-24(16-27)18-38(87(71,72)73)41(50)43(30)61)48-54-46(51-34-21-32(49)37(86(68,69)70)22-35(34)58-56-26-7-10-28(11-8-26)84(63,64)15-14-83-90(80,81)82)53-47(55-48)52-36-20-29(85(65,66)67)17-25-19-39(88(74,75)76)42(44(62)40(25)36)59-57-33-13-6-23-4-2-3-5-31(23)45(33)89(77,78)79/h2-13,16-22,50,57H,14-15,49H2,1H3,(H,65,66,67)(H,68,69,70)(H,71,72,73)(H,74,75,76)(H,77,78,79)(H,80,81,82)(H2,51,52,53,54,55)/b50-41?,58-56?,59-42-. The van der Waals surface area contributed by atoms with Gasteiger partial charge in [0.15, 0.2) is 15.5 Å². The summed E-state index contributed by atoms with van der Waals surface area (Å²) in [5.74, 6) is -5.46. The van der Waals surface area contributed by atoms with E-state index in [1.54, 1.807) is 0 Å². The predicted molar refractivity (Wildman–Crippen MR) is 318 cm³/mol. The maximum absolute atomic E-state index is 14.8.